The number of hydrogen-bond acceptors (Lipinski definition) is 6. The Labute approximate surface area is 127 Å². The maximum Gasteiger partial charge on any atom is 0.363 e. The van der Waals surface area contributed by atoms with Crippen LogP contribution in [0, 0.1) is 5.92 Å². The van der Waals surface area contributed by atoms with E-state index in [-0.39, 0.29) is 12.7 Å². The van der Waals surface area contributed by atoms with Crippen molar-refractivity contribution in [1.82, 2.24) is 0 Å². The van der Waals surface area contributed by atoms with Gasteiger partial charge in [-0.1, -0.05) is 6.07 Å². The Kier molecular flexibility index (Phi) is 3.31. The average molecular weight is 301 g/mol. The summed E-state index contributed by atoms with van der Waals surface area (Å²) < 4.78 is 21.2. The van der Waals surface area contributed by atoms with Gasteiger partial charge >= 0.3 is 5.97 Å². The average Bonchev–Trinajstić information content (AvgIpc) is 3.15. The Morgan fingerprint density at radius 3 is 2.82 bits per heavy atom. The van der Waals surface area contributed by atoms with E-state index in [0.29, 0.717) is 36.3 Å². The Morgan fingerprint density at radius 1 is 1.14 bits per heavy atom. The normalized spacial score (nSPS) is 22.8. The molecule has 0 saturated carbocycles. The molecule has 0 spiro atoms. The van der Waals surface area contributed by atoms with Crippen LogP contribution in [0.1, 0.15) is 18.4 Å². The van der Waals surface area contributed by atoms with Crippen molar-refractivity contribution in [3.63, 3.8) is 0 Å². The first kappa shape index (κ1) is 13.3. The molecule has 1 aromatic rings. The van der Waals surface area contributed by atoms with Crippen molar-refractivity contribution >= 4 is 17.9 Å². The molecule has 0 unspecified atom stereocenters. The van der Waals surface area contributed by atoms with Gasteiger partial charge in [-0.15, -0.1) is 0 Å². The number of nitrogens with zero attached hydrogens (tertiary/aromatic N) is 1. The number of aliphatic imine (C=N–C) groups is 1. The number of carbonyl (C=O) groups excluding carboxylic acids is 1. The van der Waals surface area contributed by atoms with Gasteiger partial charge in [-0.2, -0.15) is 0 Å². The van der Waals surface area contributed by atoms with Gasteiger partial charge in [0.15, 0.2) is 17.2 Å². The SMILES string of the molecule is O=C1OC(C2CCOCC2)=N/C1=C/c1ccc2c(c1)OCO2. The summed E-state index contributed by atoms with van der Waals surface area (Å²) >= 11 is 0. The molecular weight excluding hydrogens is 286 g/mol. The maximum absolute atomic E-state index is 12.0. The second-order valence-corrected chi connectivity index (χ2v) is 5.37. The quantitative estimate of drug-likeness (QED) is 0.618. The van der Waals surface area contributed by atoms with E-state index < -0.39 is 5.97 Å². The predicted molar refractivity (Wildman–Crippen MR) is 77.6 cm³/mol. The monoisotopic (exact) mass is 301 g/mol. The lowest BCUT2D eigenvalue weighted by Crippen LogP contribution is -2.24. The molecule has 6 heteroatoms. The summed E-state index contributed by atoms with van der Waals surface area (Å²) in [5.74, 6) is 1.66. The molecule has 4 rings (SSSR count). The molecule has 0 aromatic heterocycles. The molecule has 1 saturated heterocycles. The van der Waals surface area contributed by atoms with Crippen LogP contribution in [0.3, 0.4) is 0 Å². The second-order valence-electron chi connectivity index (χ2n) is 5.37. The zero-order valence-corrected chi connectivity index (χ0v) is 11.9. The molecule has 0 radical (unpaired) electrons. The Morgan fingerprint density at radius 2 is 1.95 bits per heavy atom. The third-order valence-corrected chi connectivity index (χ3v) is 3.91. The van der Waals surface area contributed by atoms with Gasteiger partial charge in [-0.3, -0.25) is 0 Å². The van der Waals surface area contributed by atoms with Crippen molar-refractivity contribution in [2.75, 3.05) is 20.0 Å². The maximum atomic E-state index is 12.0. The summed E-state index contributed by atoms with van der Waals surface area (Å²) in [6.45, 7) is 1.59. The molecule has 3 heterocycles. The van der Waals surface area contributed by atoms with Crippen LogP contribution in [-0.2, 0) is 14.3 Å². The largest absolute Gasteiger partial charge is 0.454 e. The fourth-order valence-corrected chi connectivity index (χ4v) is 2.71. The van der Waals surface area contributed by atoms with Crippen LogP contribution in [0.5, 0.6) is 11.5 Å². The number of carbonyl (C=O) groups is 1. The first-order chi connectivity index (χ1) is 10.8. The lowest BCUT2D eigenvalue weighted by atomic mass is 10.0. The zero-order valence-electron chi connectivity index (χ0n) is 11.9. The number of rotatable bonds is 2. The predicted octanol–water partition coefficient (Wildman–Crippen LogP) is 2.14. The molecule has 0 N–H and O–H groups in total. The summed E-state index contributed by atoms with van der Waals surface area (Å²) in [6.07, 6.45) is 3.38. The first-order valence-electron chi connectivity index (χ1n) is 7.29. The molecular formula is C16H15NO5. The zero-order chi connectivity index (χ0) is 14.9. The smallest absolute Gasteiger partial charge is 0.363 e. The fourth-order valence-electron chi connectivity index (χ4n) is 2.71. The summed E-state index contributed by atoms with van der Waals surface area (Å²) in [7, 11) is 0. The van der Waals surface area contributed by atoms with Crippen molar-refractivity contribution in [1.29, 1.82) is 0 Å². The highest BCUT2D eigenvalue weighted by molar-refractivity contribution is 6.07. The molecule has 0 atom stereocenters. The Hall–Kier alpha value is -2.34. The molecule has 3 aliphatic heterocycles. The summed E-state index contributed by atoms with van der Waals surface area (Å²) in [5.41, 5.74) is 1.15. The fraction of sp³-hybridized carbons (Fsp3) is 0.375. The third kappa shape index (κ3) is 2.46. The Balaban J connectivity index is 1.58. The first-order valence-corrected chi connectivity index (χ1v) is 7.29. The van der Waals surface area contributed by atoms with Crippen LogP contribution in [0.15, 0.2) is 28.9 Å². The number of ether oxygens (including phenoxy) is 4. The van der Waals surface area contributed by atoms with E-state index in [4.69, 9.17) is 18.9 Å². The highest BCUT2D eigenvalue weighted by atomic mass is 16.7. The van der Waals surface area contributed by atoms with E-state index in [2.05, 4.69) is 4.99 Å². The molecule has 114 valence electrons. The number of fused-ring (bicyclic) bond motifs is 1. The van der Waals surface area contributed by atoms with Crippen molar-refractivity contribution in [3.05, 3.63) is 29.5 Å². The summed E-state index contributed by atoms with van der Waals surface area (Å²) in [6, 6.07) is 5.50. The highest BCUT2D eigenvalue weighted by Gasteiger charge is 2.30. The van der Waals surface area contributed by atoms with Crippen molar-refractivity contribution in [2.45, 2.75) is 12.8 Å². The van der Waals surface area contributed by atoms with Gasteiger partial charge in [-0.05, 0) is 36.6 Å². The third-order valence-electron chi connectivity index (χ3n) is 3.91. The molecule has 1 fully saturated rings. The van der Waals surface area contributed by atoms with Gasteiger partial charge in [0.2, 0.25) is 12.7 Å². The molecule has 1 aromatic carbocycles. The van der Waals surface area contributed by atoms with Gasteiger partial charge in [0, 0.05) is 19.1 Å². The minimum Gasteiger partial charge on any atom is -0.454 e. The van der Waals surface area contributed by atoms with Crippen molar-refractivity contribution in [2.24, 2.45) is 10.9 Å². The Bertz CT molecular complexity index is 673. The highest BCUT2D eigenvalue weighted by Crippen LogP contribution is 2.33. The van der Waals surface area contributed by atoms with Crippen LogP contribution in [0.4, 0.5) is 0 Å². The minimum atomic E-state index is -0.404. The number of hydrogen-bond donors (Lipinski definition) is 0. The van der Waals surface area contributed by atoms with E-state index in [1.165, 1.54) is 0 Å². The van der Waals surface area contributed by atoms with Crippen LogP contribution in [0.2, 0.25) is 0 Å². The van der Waals surface area contributed by atoms with Crippen LogP contribution >= 0.6 is 0 Å². The van der Waals surface area contributed by atoms with Gasteiger partial charge in [0.25, 0.3) is 0 Å². The van der Waals surface area contributed by atoms with Crippen molar-refractivity contribution in [3.8, 4) is 11.5 Å². The number of esters is 1. The van der Waals surface area contributed by atoms with E-state index in [0.717, 1.165) is 18.4 Å². The van der Waals surface area contributed by atoms with Gasteiger partial charge in [0.1, 0.15) is 0 Å². The van der Waals surface area contributed by atoms with Crippen LogP contribution < -0.4 is 9.47 Å². The van der Waals surface area contributed by atoms with Crippen LogP contribution in [-0.4, -0.2) is 31.9 Å². The topological polar surface area (TPSA) is 66.4 Å². The molecule has 3 aliphatic rings. The van der Waals surface area contributed by atoms with Gasteiger partial charge < -0.3 is 18.9 Å². The molecule has 22 heavy (non-hydrogen) atoms. The van der Waals surface area contributed by atoms with Crippen molar-refractivity contribution < 1.29 is 23.7 Å². The summed E-state index contributed by atoms with van der Waals surface area (Å²) in [5, 5.41) is 0. The molecule has 6 nitrogen and oxygen atoms in total. The number of benzene rings is 1. The van der Waals surface area contributed by atoms with E-state index in [1.807, 2.05) is 18.2 Å². The van der Waals surface area contributed by atoms with Crippen LogP contribution in [0.25, 0.3) is 6.08 Å². The summed E-state index contributed by atoms with van der Waals surface area (Å²) in [4.78, 5) is 16.3. The molecule has 0 aliphatic carbocycles. The van der Waals surface area contributed by atoms with Gasteiger partial charge in [0.05, 0.1) is 0 Å². The second kappa shape index (κ2) is 5.46. The lowest BCUT2D eigenvalue weighted by Gasteiger charge is -2.20. The number of cyclic esters (lactones) is 1. The lowest BCUT2D eigenvalue weighted by molar-refractivity contribution is -0.130. The molecule has 0 bridgehead atoms. The van der Waals surface area contributed by atoms with E-state index in [1.54, 1.807) is 6.08 Å². The minimum absolute atomic E-state index is 0.167. The molecule has 0 amide bonds. The van der Waals surface area contributed by atoms with E-state index >= 15 is 0 Å². The van der Waals surface area contributed by atoms with E-state index in [9.17, 15) is 4.79 Å². The van der Waals surface area contributed by atoms with Gasteiger partial charge in [-0.25, -0.2) is 9.79 Å². The standard InChI is InChI=1S/C16H15NO5/c18-16-12(17-15(22-16)11-3-5-19-6-4-11)7-10-1-2-13-14(8-10)21-9-20-13/h1-2,7-8,11H,3-6,9H2/b12-7+.